The van der Waals surface area contributed by atoms with E-state index in [0.29, 0.717) is 35.0 Å². The fraction of sp³-hybridized carbons (Fsp3) is 0.323. The Hall–Kier alpha value is -4.33. The van der Waals surface area contributed by atoms with Crippen LogP contribution in [0.4, 0.5) is 10.5 Å². The summed E-state index contributed by atoms with van der Waals surface area (Å²) in [5, 5.41) is 5.87. The summed E-state index contributed by atoms with van der Waals surface area (Å²) in [7, 11) is 1.51. The third-order valence-corrected chi connectivity index (χ3v) is 6.67. The molecule has 0 spiro atoms. The molecule has 1 aliphatic rings. The molecule has 0 aliphatic carbocycles. The van der Waals surface area contributed by atoms with Gasteiger partial charge in [-0.3, -0.25) is 14.5 Å². The van der Waals surface area contributed by atoms with Crippen molar-refractivity contribution in [2.75, 3.05) is 19.0 Å². The van der Waals surface area contributed by atoms with E-state index in [-0.39, 0.29) is 18.4 Å². The van der Waals surface area contributed by atoms with Crippen molar-refractivity contribution in [2.45, 2.75) is 45.9 Å². The Labute approximate surface area is 229 Å². The number of anilines is 1. The van der Waals surface area contributed by atoms with E-state index in [1.54, 1.807) is 48.5 Å². The molecule has 0 aromatic heterocycles. The third kappa shape index (κ3) is 6.76. The van der Waals surface area contributed by atoms with Crippen LogP contribution in [0.1, 0.15) is 53.4 Å². The lowest BCUT2D eigenvalue weighted by molar-refractivity contribution is -0.126. The number of nitrogens with zero attached hydrogens (tertiary/aromatic N) is 1. The van der Waals surface area contributed by atoms with Gasteiger partial charge in [0, 0.05) is 12.2 Å². The van der Waals surface area contributed by atoms with Crippen LogP contribution in [0.5, 0.6) is 5.75 Å². The van der Waals surface area contributed by atoms with Gasteiger partial charge in [-0.15, -0.1) is 0 Å². The first-order valence-corrected chi connectivity index (χ1v) is 13.1. The number of ether oxygens (including phenoxy) is 2. The summed E-state index contributed by atoms with van der Waals surface area (Å²) >= 11 is 0. The summed E-state index contributed by atoms with van der Waals surface area (Å²) in [4.78, 5) is 41.0. The molecule has 8 nitrogen and oxygen atoms in total. The number of aryl methyl sites for hydroxylation is 1. The van der Waals surface area contributed by atoms with E-state index in [0.717, 1.165) is 17.5 Å². The molecule has 3 aromatic rings. The smallest absolute Gasteiger partial charge is 0.411 e. The number of benzene rings is 3. The number of para-hydroxylation sites is 1. The van der Waals surface area contributed by atoms with Gasteiger partial charge >= 0.3 is 6.09 Å². The van der Waals surface area contributed by atoms with Gasteiger partial charge in [-0.05, 0) is 54.7 Å². The minimum Gasteiger partial charge on any atom is -0.496 e. The van der Waals surface area contributed by atoms with Crippen LogP contribution in [0, 0.1) is 12.8 Å². The number of hydrogen-bond acceptors (Lipinski definition) is 5. The van der Waals surface area contributed by atoms with Crippen LogP contribution in [-0.2, 0) is 16.1 Å². The van der Waals surface area contributed by atoms with Gasteiger partial charge in [0.25, 0.3) is 5.91 Å². The van der Waals surface area contributed by atoms with Gasteiger partial charge in [-0.1, -0.05) is 67.9 Å². The second-order valence-electron chi connectivity index (χ2n) is 10.1. The SMILES string of the molecule is COc1ccccc1C(=O)Nc1cccc(C2OC(=O)N(Cc3ccc(C)cc3)C2C(=O)NCCC(C)C)c1. The highest BCUT2D eigenvalue weighted by atomic mass is 16.6. The van der Waals surface area contributed by atoms with Gasteiger partial charge < -0.3 is 20.1 Å². The summed E-state index contributed by atoms with van der Waals surface area (Å²) in [5.74, 6) is 0.273. The van der Waals surface area contributed by atoms with Crippen molar-refractivity contribution < 1.29 is 23.9 Å². The molecule has 0 saturated carbocycles. The third-order valence-electron chi connectivity index (χ3n) is 6.67. The molecule has 1 heterocycles. The molecule has 2 unspecified atom stereocenters. The average molecular weight is 530 g/mol. The van der Waals surface area contributed by atoms with E-state index in [1.807, 2.05) is 31.2 Å². The molecule has 39 heavy (non-hydrogen) atoms. The van der Waals surface area contributed by atoms with Crippen molar-refractivity contribution >= 4 is 23.6 Å². The Bertz CT molecular complexity index is 1320. The monoisotopic (exact) mass is 529 g/mol. The fourth-order valence-electron chi connectivity index (χ4n) is 4.51. The van der Waals surface area contributed by atoms with E-state index in [2.05, 4.69) is 24.5 Å². The predicted molar refractivity (Wildman–Crippen MR) is 150 cm³/mol. The summed E-state index contributed by atoms with van der Waals surface area (Å²) in [6.07, 6.45) is -0.585. The zero-order valence-electron chi connectivity index (χ0n) is 22.8. The van der Waals surface area contributed by atoms with Crippen LogP contribution in [0.15, 0.2) is 72.8 Å². The van der Waals surface area contributed by atoms with E-state index in [1.165, 1.54) is 12.0 Å². The van der Waals surface area contributed by atoms with Crippen molar-refractivity contribution in [1.29, 1.82) is 0 Å². The number of rotatable bonds is 10. The Morgan fingerprint density at radius 3 is 2.49 bits per heavy atom. The van der Waals surface area contributed by atoms with E-state index in [4.69, 9.17) is 9.47 Å². The number of nitrogens with one attached hydrogen (secondary N) is 2. The quantitative estimate of drug-likeness (QED) is 0.363. The van der Waals surface area contributed by atoms with Crippen molar-refractivity contribution in [2.24, 2.45) is 5.92 Å². The fourth-order valence-corrected chi connectivity index (χ4v) is 4.51. The molecule has 3 amide bonds. The first-order valence-electron chi connectivity index (χ1n) is 13.1. The molecular weight excluding hydrogens is 494 g/mol. The lowest BCUT2D eigenvalue weighted by atomic mass is 9.99. The zero-order valence-corrected chi connectivity index (χ0v) is 22.8. The normalized spacial score (nSPS) is 16.6. The van der Waals surface area contributed by atoms with Crippen LogP contribution >= 0.6 is 0 Å². The lowest BCUT2D eigenvalue weighted by Gasteiger charge is -2.24. The molecule has 204 valence electrons. The highest BCUT2D eigenvalue weighted by Crippen LogP contribution is 2.35. The Kier molecular flexibility index (Phi) is 8.86. The van der Waals surface area contributed by atoms with Crippen LogP contribution < -0.4 is 15.4 Å². The van der Waals surface area contributed by atoms with Gasteiger partial charge in [-0.2, -0.15) is 0 Å². The molecule has 4 rings (SSSR count). The van der Waals surface area contributed by atoms with E-state index in [9.17, 15) is 14.4 Å². The number of cyclic esters (lactones) is 1. The Balaban J connectivity index is 1.59. The van der Waals surface area contributed by atoms with Crippen molar-refractivity contribution in [3.8, 4) is 5.75 Å². The second kappa shape index (κ2) is 12.5. The van der Waals surface area contributed by atoms with Crippen LogP contribution in [0.2, 0.25) is 0 Å². The van der Waals surface area contributed by atoms with Gasteiger partial charge in [0.15, 0.2) is 12.1 Å². The van der Waals surface area contributed by atoms with Gasteiger partial charge in [-0.25, -0.2) is 4.79 Å². The molecular formula is C31H35N3O5. The Morgan fingerprint density at radius 1 is 1.03 bits per heavy atom. The number of hydrogen-bond donors (Lipinski definition) is 2. The standard InChI is InChI=1S/C31H35N3O5/c1-20(2)16-17-32-30(36)27-28(39-31(37)34(27)19-22-14-12-21(3)13-15-22)23-8-7-9-24(18-23)33-29(35)25-10-5-6-11-26(25)38-4/h5-15,18,20,27-28H,16-17,19H2,1-4H3,(H,32,36)(H,33,35). The highest BCUT2D eigenvalue weighted by Gasteiger charge is 2.47. The second-order valence-corrected chi connectivity index (χ2v) is 10.1. The first kappa shape index (κ1) is 27.7. The van der Waals surface area contributed by atoms with Gasteiger partial charge in [0.1, 0.15) is 5.75 Å². The minimum atomic E-state index is -0.869. The number of carbonyl (C=O) groups is 3. The van der Waals surface area contributed by atoms with Crippen LogP contribution in [0.3, 0.4) is 0 Å². The van der Waals surface area contributed by atoms with Crippen molar-refractivity contribution in [1.82, 2.24) is 10.2 Å². The summed E-state index contributed by atoms with van der Waals surface area (Å²) in [6.45, 7) is 6.91. The highest BCUT2D eigenvalue weighted by molar-refractivity contribution is 6.06. The topological polar surface area (TPSA) is 97.0 Å². The van der Waals surface area contributed by atoms with Crippen LogP contribution in [0.25, 0.3) is 0 Å². The molecule has 3 aromatic carbocycles. The molecule has 1 aliphatic heterocycles. The molecule has 0 radical (unpaired) electrons. The maximum absolute atomic E-state index is 13.5. The molecule has 8 heteroatoms. The number of methoxy groups -OCH3 is 1. The van der Waals surface area contributed by atoms with E-state index >= 15 is 0 Å². The zero-order chi connectivity index (χ0) is 27.9. The average Bonchev–Trinajstić information content (AvgIpc) is 3.25. The molecule has 2 atom stereocenters. The largest absolute Gasteiger partial charge is 0.496 e. The lowest BCUT2D eigenvalue weighted by Crippen LogP contribution is -2.46. The summed E-state index contributed by atoms with van der Waals surface area (Å²) in [6, 6.07) is 20.9. The molecule has 1 fully saturated rings. The summed E-state index contributed by atoms with van der Waals surface area (Å²) < 4.78 is 11.1. The molecule has 0 bridgehead atoms. The van der Waals surface area contributed by atoms with Crippen LogP contribution in [-0.4, -0.2) is 42.5 Å². The number of carbonyl (C=O) groups excluding carboxylic acids is 3. The maximum atomic E-state index is 13.5. The number of amides is 3. The predicted octanol–water partition coefficient (Wildman–Crippen LogP) is 5.48. The van der Waals surface area contributed by atoms with Gasteiger partial charge in [0.2, 0.25) is 5.91 Å². The molecule has 1 saturated heterocycles. The summed E-state index contributed by atoms with van der Waals surface area (Å²) in [5.41, 5.74) is 3.52. The van der Waals surface area contributed by atoms with Crippen molar-refractivity contribution in [3.63, 3.8) is 0 Å². The molecule has 2 N–H and O–H groups in total. The Morgan fingerprint density at radius 2 is 1.77 bits per heavy atom. The van der Waals surface area contributed by atoms with Crippen molar-refractivity contribution in [3.05, 3.63) is 95.1 Å². The van der Waals surface area contributed by atoms with E-state index < -0.39 is 18.2 Å². The van der Waals surface area contributed by atoms with Gasteiger partial charge in [0.05, 0.1) is 19.2 Å². The first-order chi connectivity index (χ1) is 18.8. The minimum absolute atomic E-state index is 0.238. The maximum Gasteiger partial charge on any atom is 0.411 e.